The van der Waals surface area contributed by atoms with Crippen molar-refractivity contribution in [1.29, 1.82) is 0 Å². The maximum atomic E-state index is 13.1. The van der Waals surface area contributed by atoms with Crippen molar-refractivity contribution in [1.82, 2.24) is 0 Å². The van der Waals surface area contributed by atoms with Crippen molar-refractivity contribution in [2.24, 2.45) is 0 Å². The van der Waals surface area contributed by atoms with Crippen molar-refractivity contribution in [3.63, 3.8) is 0 Å². The van der Waals surface area contributed by atoms with E-state index in [0.717, 1.165) is 6.07 Å². The molecule has 0 aliphatic rings. The van der Waals surface area contributed by atoms with Gasteiger partial charge in [-0.3, -0.25) is 9.59 Å². The highest BCUT2D eigenvalue weighted by molar-refractivity contribution is 5.83. The number of carboxylic acid groups (broad SMARTS) is 1. The Morgan fingerprint density at radius 3 is 2.47 bits per heavy atom. The molecule has 0 spiro atoms. The summed E-state index contributed by atoms with van der Waals surface area (Å²) in [5, 5.41) is 9.13. The Balaban J connectivity index is 2.85. The molecular weight excluding hydrogens is 251 g/mol. The van der Waals surface area contributed by atoms with Gasteiger partial charge in [-0.1, -0.05) is 12.1 Å². The molecule has 0 aliphatic heterocycles. The second-order valence-electron chi connectivity index (χ2n) is 5.24. The number of esters is 1. The third-order valence-corrected chi connectivity index (χ3v) is 2.34. The summed E-state index contributed by atoms with van der Waals surface area (Å²) in [7, 11) is 0. The molecule has 1 N–H and O–H groups in total. The number of rotatable bonds is 4. The summed E-state index contributed by atoms with van der Waals surface area (Å²) >= 11 is 0. The molecule has 0 saturated carbocycles. The van der Waals surface area contributed by atoms with Crippen LogP contribution in [-0.4, -0.2) is 22.6 Å². The van der Waals surface area contributed by atoms with Crippen LogP contribution >= 0.6 is 0 Å². The van der Waals surface area contributed by atoms with Gasteiger partial charge in [0.2, 0.25) is 0 Å². The third kappa shape index (κ3) is 5.07. The molecule has 5 heteroatoms. The number of carboxylic acids is 1. The third-order valence-electron chi connectivity index (χ3n) is 2.34. The molecule has 0 heterocycles. The molecule has 1 unspecified atom stereocenters. The molecule has 0 aliphatic carbocycles. The minimum absolute atomic E-state index is 0.248. The van der Waals surface area contributed by atoms with E-state index < -0.39 is 29.3 Å². The minimum atomic E-state index is -1.18. The smallest absolute Gasteiger partial charge is 0.311 e. The topological polar surface area (TPSA) is 63.6 Å². The van der Waals surface area contributed by atoms with Crippen LogP contribution in [0.15, 0.2) is 24.3 Å². The van der Waals surface area contributed by atoms with E-state index in [1.54, 1.807) is 20.8 Å². The lowest BCUT2D eigenvalue weighted by Crippen LogP contribution is -2.26. The van der Waals surface area contributed by atoms with Gasteiger partial charge in [0, 0.05) is 0 Å². The van der Waals surface area contributed by atoms with Crippen molar-refractivity contribution < 1.29 is 23.8 Å². The molecule has 0 bridgehead atoms. The number of aliphatic carboxylic acids is 1. The number of hydrogen-bond donors (Lipinski definition) is 1. The van der Waals surface area contributed by atoms with Gasteiger partial charge in [-0.2, -0.15) is 0 Å². The Morgan fingerprint density at radius 2 is 2.00 bits per heavy atom. The van der Waals surface area contributed by atoms with E-state index in [1.807, 2.05) is 0 Å². The molecule has 4 nitrogen and oxygen atoms in total. The van der Waals surface area contributed by atoms with Crippen LogP contribution in [-0.2, 0) is 14.3 Å². The zero-order valence-corrected chi connectivity index (χ0v) is 11.1. The highest BCUT2D eigenvalue weighted by Crippen LogP contribution is 2.22. The van der Waals surface area contributed by atoms with Crippen molar-refractivity contribution in [2.75, 3.05) is 0 Å². The fourth-order valence-corrected chi connectivity index (χ4v) is 1.62. The summed E-state index contributed by atoms with van der Waals surface area (Å²) in [6.07, 6.45) is -0.323. The first kappa shape index (κ1) is 15.1. The number of hydrogen-bond acceptors (Lipinski definition) is 3. The van der Waals surface area contributed by atoms with Gasteiger partial charge >= 0.3 is 11.9 Å². The highest BCUT2D eigenvalue weighted by Gasteiger charge is 2.26. The van der Waals surface area contributed by atoms with E-state index in [-0.39, 0.29) is 12.0 Å². The van der Waals surface area contributed by atoms with Crippen LogP contribution in [0.4, 0.5) is 4.39 Å². The number of carbonyl (C=O) groups excluding carboxylic acids is 1. The van der Waals surface area contributed by atoms with E-state index in [1.165, 1.54) is 18.2 Å². The van der Waals surface area contributed by atoms with E-state index in [4.69, 9.17) is 9.84 Å². The Kier molecular flexibility index (Phi) is 4.64. The highest BCUT2D eigenvalue weighted by atomic mass is 19.1. The van der Waals surface area contributed by atoms with E-state index in [2.05, 4.69) is 0 Å². The quantitative estimate of drug-likeness (QED) is 0.853. The molecule has 0 fully saturated rings. The molecule has 0 aromatic heterocycles. The van der Waals surface area contributed by atoms with Crippen LogP contribution in [0.2, 0.25) is 0 Å². The average molecular weight is 268 g/mol. The molecule has 0 amide bonds. The van der Waals surface area contributed by atoms with Crippen LogP contribution in [0, 0.1) is 5.82 Å². The van der Waals surface area contributed by atoms with E-state index in [9.17, 15) is 14.0 Å². The summed E-state index contributed by atoms with van der Waals surface area (Å²) < 4.78 is 18.2. The molecule has 19 heavy (non-hydrogen) atoms. The van der Waals surface area contributed by atoms with Crippen molar-refractivity contribution in [3.05, 3.63) is 35.6 Å². The van der Waals surface area contributed by atoms with Gasteiger partial charge in [-0.15, -0.1) is 0 Å². The van der Waals surface area contributed by atoms with Crippen LogP contribution in [0.3, 0.4) is 0 Å². The van der Waals surface area contributed by atoms with Crippen LogP contribution in [0.25, 0.3) is 0 Å². The van der Waals surface area contributed by atoms with Crippen LogP contribution < -0.4 is 0 Å². The summed E-state index contributed by atoms with van der Waals surface area (Å²) in [4.78, 5) is 22.8. The maximum Gasteiger partial charge on any atom is 0.311 e. The van der Waals surface area contributed by atoms with Gasteiger partial charge in [0.1, 0.15) is 11.4 Å². The molecule has 1 rings (SSSR count). The lowest BCUT2D eigenvalue weighted by atomic mass is 9.96. The second kappa shape index (κ2) is 5.82. The summed E-state index contributed by atoms with van der Waals surface area (Å²) in [6.45, 7) is 5.09. The molecule has 1 aromatic rings. The molecule has 1 aromatic carbocycles. The predicted octanol–water partition coefficient (Wildman–Crippen LogP) is 2.73. The van der Waals surface area contributed by atoms with Crippen molar-refractivity contribution in [3.8, 4) is 0 Å². The van der Waals surface area contributed by atoms with Gasteiger partial charge in [-0.25, -0.2) is 4.39 Å². The number of carbonyl (C=O) groups is 2. The monoisotopic (exact) mass is 268 g/mol. The average Bonchev–Trinajstić information content (AvgIpc) is 2.23. The second-order valence-corrected chi connectivity index (χ2v) is 5.24. The Hall–Kier alpha value is -1.91. The first-order valence-electron chi connectivity index (χ1n) is 5.89. The van der Waals surface area contributed by atoms with Gasteiger partial charge in [-0.05, 0) is 38.5 Å². The lowest BCUT2D eigenvalue weighted by Gasteiger charge is -2.21. The predicted molar refractivity (Wildman–Crippen MR) is 67.2 cm³/mol. The Labute approximate surface area is 111 Å². The minimum Gasteiger partial charge on any atom is -0.481 e. The number of ether oxygens (including phenoxy) is 1. The zero-order valence-electron chi connectivity index (χ0n) is 11.1. The first-order chi connectivity index (χ1) is 8.69. The van der Waals surface area contributed by atoms with Gasteiger partial charge in [0.25, 0.3) is 0 Å². The molecule has 104 valence electrons. The number of halogens is 1. The number of benzene rings is 1. The van der Waals surface area contributed by atoms with Gasteiger partial charge in [0.15, 0.2) is 0 Å². The summed E-state index contributed by atoms with van der Waals surface area (Å²) in [5.74, 6) is -3.45. The van der Waals surface area contributed by atoms with Gasteiger partial charge < -0.3 is 9.84 Å². The molecule has 1 atom stereocenters. The normalized spacial score (nSPS) is 12.8. The van der Waals surface area contributed by atoms with E-state index in [0.29, 0.717) is 0 Å². The van der Waals surface area contributed by atoms with Crippen LogP contribution in [0.5, 0.6) is 0 Å². The molecule has 0 radical (unpaired) electrons. The largest absolute Gasteiger partial charge is 0.481 e. The van der Waals surface area contributed by atoms with E-state index >= 15 is 0 Å². The Bertz CT molecular complexity index is 477. The first-order valence-corrected chi connectivity index (χ1v) is 5.89. The van der Waals surface area contributed by atoms with Crippen molar-refractivity contribution in [2.45, 2.75) is 38.7 Å². The molecular formula is C14H17FO4. The standard InChI is InChI=1S/C14H17FO4/c1-14(2,3)19-12(16)8-11(13(17)18)9-5-4-6-10(15)7-9/h4-7,11H,8H2,1-3H3,(H,17,18). The SMILES string of the molecule is CC(C)(C)OC(=O)CC(C(=O)O)c1cccc(F)c1. The van der Waals surface area contributed by atoms with Crippen LogP contribution in [0.1, 0.15) is 38.7 Å². The van der Waals surface area contributed by atoms with Crippen molar-refractivity contribution >= 4 is 11.9 Å². The Morgan fingerprint density at radius 1 is 1.37 bits per heavy atom. The summed E-state index contributed by atoms with van der Waals surface area (Å²) in [5.41, 5.74) is -0.430. The molecule has 0 saturated heterocycles. The fraction of sp³-hybridized carbons (Fsp3) is 0.429. The lowest BCUT2D eigenvalue weighted by molar-refractivity contribution is -0.158. The maximum absolute atomic E-state index is 13.1. The fourth-order valence-electron chi connectivity index (χ4n) is 1.62. The van der Waals surface area contributed by atoms with Gasteiger partial charge in [0.05, 0.1) is 12.3 Å². The summed E-state index contributed by atoms with van der Waals surface area (Å²) in [6, 6.07) is 5.22. The zero-order chi connectivity index (χ0) is 14.6.